The van der Waals surface area contributed by atoms with Gasteiger partial charge in [0.25, 0.3) is 5.91 Å². The molecule has 1 aliphatic heterocycles. The van der Waals surface area contributed by atoms with Crippen molar-refractivity contribution in [1.29, 1.82) is 0 Å². The highest BCUT2D eigenvalue weighted by Gasteiger charge is 2.19. The van der Waals surface area contributed by atoms with Gasteiger partial charge in [-0.05, 0) is 48.7 Å². The van der Waals surface area contributed by atoms with Gasteiger partial charge in [0.05, 0.1) is 12.2 Å². The standard InChI is InChI=1S/C22H23NO4/c1-2-26-20-10-8-19(9-11-20)22(25)27-16-21(24)23-14-12-18(13-15-23)17-6-4-3-5-7-17/h3-12H,2,13-16H2,1H3. The minimum Gasteiger partial charge on any atom is -0.494 e. The first-order chi connectivity index (χ1) is 13.2. The van der Waals surface area contributed by atoms with E-state index in [0.29, 0.717) is 31.0 Å². The second-order valence-electron chi connectivity index (χ2n) is 6.22. The molecule has 0 aliphatic carbocycles. The lowest BCUT2D eigenvalue weighted by Crippen LogP contribution is -2.37. The predicted octanol–water partition coefficient (Wildman–Crippen LogP) is 3.56. The van der Waals surface area contributed by atoms with Crippen LogP contribution in [0.15, 0.2) is 60.7 Å². The van der Waals surface area contributed by atoms with Gasteiger partial charge in [0.2, 0.25) is 0 Å². The van der Waals surface area contributed by atoms with Crippen LogP contribution in [-0.4, -0.2) is 43.1 Å². The van der Waals surface area contributed by atoms with E-state index in [9.17, 15) is 9.59 Å². The Morgan fingerprint density at radius 2 is 1.78 bits per heavy atom. The topological polar surface area (TPSA) is 55.8 Å². The van der Waals surface area contributed by atoms with Crippen LogP contribution < -0.4 is 4.74 Å². The molecular formula is C22H23NO4. The largest absolute Gasteiger partial charge is 0.494 e. The van der Waals surface area contributed by atoms with E-state index in [1.54, 1.807) is 29.2 Å². The van der Waals surface area contributed by atoms with Crippen LogP contribution in [0.2, 0.25) is 0 Å². The molecule has 27 heavy (non-hydrogen) atoms. The Balaban J connectivity index is 1.49. The molecule has 0 fully saturated rings. The van der Waals surface area contributed by atoms with Gasteiger partial charge in [-0.3, -0.25) is 4.79 Å². The zero-order valence-electron chi connectivity index (χ0n) is 15.4. The van der Waals surface area contributed by atoms with Gasteiger partial charge in [-0.25, -0.2) is 4.79 Å². The van der Waals surface area contributed by atoms with Gasteiger partial charge in [0, 0.05) is 13.1 Å². The Bertz CT molecular complexity index is 812. The third-order valence-electron chi connectivity index (χ3n) is 4.43. The Morgan fingerprint density at radius 1 is 1.04 bits per heavy atom. The van der Waals surface area contributed by atoms with Gasteiger partial charge >= 0.3 is 5.97 Å². The van der Waals surface area contributed by atoms with Crippen molar-refractivity contribution in [2.24, 2.45) is 0 Å². The van der Waals surface area contributed by atoms with Crippen LogP contribution >= 0.6 is 0 Å². The van der Waals surface area contributed by atoms with E-state index < -0.39 is 5.97 Å². The molecule has 1 aliphatic rings. The Morgan fingerprint density at radius 3 is 2.41 bits per heavy atom. The summed E-state index contributed by atoms with van der Waals surface area (Å²) in [6.07, 6.45) is 2.85. The predicted molar refractivity (Wildman–Crippen MR) is 104 cm³/mol. The molecule has 0 atom stereocenters. The molecule has 140 valence electrons. The molecule has 5 nitrogen and oxygen atoms in total. The molecule has 5 heteroatoms. The third-order valence-corrected chi connectivity index (χ3v) is 4.43. The Labute approximate surface area is 159 Å². The number of carbonyl (C=O) groups excluding carboxylic acids is 2. The van der Waals surface area contributed by atoms with Crippen molar-refractivity contribution in [2.45, 2.75) is 13.3 Å². The lowest BCUT2D eigenvalue weighted by molar-refractivity contribution is -0.134. The zero-order valence-corrected chi connectivity index (χ0v) is 15.4. The van der Waals surface area contributed by atoms with Crippen LogP contribution in [0.3, 0.4) is 0 Å². The summed E-state index contributed by atoms with van der Waals surface area (Å²) >= 11 is 0. The highest BCUT2D eigenvalue weighted by Crippen LogP contribution is 2.22. The highest BCUT2D eigenvalue weighted by molar-refractivity contribution is 5.91. The van der Waals surface area contributed by atoms with E-state index in [-0.39, 0.29) is 12.5 Å². The van der Waals surface area contributed by atoms with Crippen molar-refractivity contribution < 1.29 is 19.1 Å². The highest BCUT2D eigenvalue weighted by atomic mass is 16.5. The number of carbonyl (C=O) groups is 2. The maximum atomic E-state index is 12.3. The second-order valence-corrected chi connectivity index (χ2v) is 6.22. The van der Waals surface area contributed by atoms with Gasteiger partial charge in [-0.2, -0.15) is 0 Å². The van der Waals surface area contributed by atoms with Crippen molar-refractivity contribution in [3.05, 3.63) is 71.8 Å². The number of benzene rings is 2. The van der Waals surface area contributed by atoms with E-state index in [2.05, 4.69) is 18.2 Å². The number of hydrogen-bond donors (Lipinski definition) is 0. The van der Waals surface area contributed by atoms with E-state index >= 15 is 0 Å². The Hall–Kier alpha value is -3.08. The maximum absolute atomic E-state index is 12.3. The van der Waals surface area contributed by atoms with Crippen LogP contribution in [0, 0.1) is 0 Å². The molecule has 1 heterocycles. The second kappa shape index (κ2) is 9.03. The van der Waals surface area contributed by atoms with Crippen LogP contribution in [-0.2, 0) is 9.53 Å². The average molecular weight is 365 g/mol. The van der Waals surface area contributed by atoms with Gasteiger partial charge in [-0.15, -0.1) is 0 Å². The van der Waals surface area contributed by atoms with Gasteiger partial charge in [-0.1, -0.05) is 36.4 Å². The summed E-state index contributed by atoms with van der Waals surface area (Å²) in [4.78, 5) is 26.1. The zero-order chi connectivity index (χ0) is 19.1. The number of amides is 1. The summed E-state index contributed by atoms with van der Waals surface area (Å²) in [5.41, 5.74) is 2.83. The molecule has 0 spiro atoms. The number of rotatable bonds is 6. The smallest absolute Gasteiger partial charge is 0.338 e. The summed E-state index contributed by atoms with van der Waals surface area (Å²) < 4.78 is 10.5. The molecule has 0 saturated carbocycles. The lowest BCUT2D eigenvalue weighted by atomic mass is 10.00. The number of esters is 1. The molecule has 0 saturated heterocycles. The van der Waals surface area contributed by atoms with Crippen molar-refractivity contribution >= 4 is 17.4 Å². The molecule has 2 aromatic carbocycles. The molecule has 3 rings (SSSR count). The van der Waals surface area contributed by atoms with E-state index in [1.165, 1.54) is 11.1 Å². The van der Waals surface area contributed by atoms with Crippen molar-refractivity contribution in [3.8, 4) is 5.75 Å². The van der Waals surface area contributed by atoms with Crippen LogP contribution in [0.1, 0.15) is 29.3 Å². The van der Waals surface area contributed by atoms with E-state index in [4.69, 9.17) is 9.47 Å². The number of nitrogens with zero attached hydrogens (tertiary/aromatic N) is 1. The summed E-state index contributed by atoms with van der Waals surface area (Å²) in [6.45, 7) is 3.37. The fourth-order valence-electron chi connectivity index (χ4n) is 2.97. The summed E-state index contributed by atoms with van der Waals surface area (Å²) in [5.74, 6) is 0.000948. The van der Waals surface area contributed by atoms with Gasteiger partial charge in [0.15, 0.2) is 6.61 Å². The van der Waals surface area contributed by atoms with Gasteiger partial charge < -0.3 is 14.4 Å². The van der Waals surface area contributed by atoms with Crippen molar-refractivity contribution in [2.75, 3.05) is 26.3 Å². The van der Waals surface area contributed by atoms with Crippen LogP contribution in [0.5, 0.6) is 5.75 Å². The lowest BCUT2D eigenvalue weighted by Gasteiger charge is -2.26. The van der Waals surface area contributed by atoms with Crippen molar-refractivity contribution in [1.82, 2.24) is 4.90 Å². The van der Waals surface area contributed by atoms with Crippen LogP contribution in [0.4, 0.5) is 0 Å². The first-order valence-electron chi connectivity index (χ1n) is 9.09. The van der Waals surface area contributed by atoms with Crippen LogP contribution in [0.25, 0.3) is 5.57 Å². The monoisotopic (exact) mass is 365 g/mol. The molecule has 1 amide bonds. The first kappa shape index (κ1) is 18.7. The fourth-order valence-corrected chi connectivity index (χ4v) is 2.97. The molecule has 0 N–H and O–H groups in total. The van der Waals surface area contributed by atoms with Crippen molar-refractivity contribution in [3.63, 3.8) is 0 Å². The fraction of sp³-hybridized carbons (Fsp3) is 0.273. The van der Waals surface area contributed by atoms with Gasteiger partial charge in [0.1, 0.15) is 5.75 Å². The molecule has 0 aromatic heterocycles. The van der Waals surface area contributed by atoms with E-state index in [0.717, 1.165) is 6.42 Å². The molecule has 2 aromatic rings. The third kappa shape index (κ3) is 4.97. The molecular weight excluding hydrogens is 342 g/mol. The summed E-state index contributed by atoms with van der Waals surface area (Å²) in [5, 5.41) is 0. The molecule has 0 unspecified atom stereocenters. The minimum atomic E-state index is -0.510. The maximum Gasteiger partial charge on any atom is 0.338 e. The minimum absolute atomic E-state index is 0.183. The quantitative estimate of drug-likeness (QED) is 0.735. The number of hydrogen-bond acceptors (Lipinski definition) is 4. The normalized spacial score (nSPS) is 13.7. The Kier molecular flexibility index (Phi) is 6.26. The van der Waals surface area contributed by atoms with E-state index in [1.807, 2.05) is 25.1 Å². The molecule has 0 bridgehead atoms. The average Bonchev–Trinajstić information content (AvgIpc) is 2.73. The SMILES string of the molecule is CCOc1ccc(C(=O)OCC(=O)N2CC=C(c3ccccc3)CC2)cc1. The summed E-state index contributed by atoms with van der Waals surface area (Å²) in [6, 6.07) is 16.8. The molecule has 0 radical (unpaired) electrons. The summed E-state index contributed by atoms with van der Waals surface area (Å²) in [7, 11) is 0. The number of ether oxygens (including phenoxy) is 2. The first-order valence-corrected chi connectivity index (χ1v) is 9.09.